The van der Waals surface area contributed by atoms with Crippen molar-refractivity contribution in [3.63, 3.8) is 0 Å². The predicted molar refractivity (Wildman–Crippen MR) is 91.2 cm³/mol. The monoisotopic (exact) mass is 345 g/mol. The lowest BCUT2D eigenvalue weighted by molar-refractivity contribution is -0.130. The molecule has 1 atom stereocenters. The van der Waals surface area contributed by atoms with Crippen molar-refractivity contribution >= 4 is 5.91 Å². The molecule has 2 aromatic heterocycles. The summed E-state index contributed by atoms with van der Waals surface area (Å²) in [6.07, 6.45) is 2.35. The molecule has 0 aliphatic carbocycles. The summed E-state index contributed by atoms with van der Waals surface area (Å²) in [7, 11) is 0. The van der Waals surface area contributed by atoms with Gasteiger partial charge in [-0.25, -0.2) is 4.98 Å². The second-order valence-electron chi connectivity index (χ2n) is 6.48. The topological polar surface area (TPSA) is 104 Å². The average molecular weight is 345 g/mol. The number of H-pyrrole nitrogens is 2. The largest absolute Gasteiger partial charge is 0.379 e. The van der Waals surface area contributed by atoms with E-state index < -0.39 is 0 Å². The Hall–Kier alpha value is -2.48. The van der Waals surface area contributed by atoms with Crippen molar-refractivity contribution in [2.45, 2.75) is 26.7 Å². The van der Waals surface area contributed by atoms with Crippen LogP contribution in [0.15, 0.2) is 17.2 Å². The van der Waals surface area contributed by atoms with E-state index in [0.717, 1.165) is 17.0 Å². The van der Waals surface area contributed by atoms with Gasteiger partial charge in [0.25, 0.3) is 5.56 Å². The standard InChI is InChI=1S/C17H23N5O3/c1-11-15(12(2)21-20-11)7-17(24)22-3-4-25-9-13(8-22)5-14-6-16(23)19-10-18-14/h6,10,13H,3-5,7-9H2,1-2H3,(H,20,21)(H,18,19,23). The average Bonchev–Trinajstić information content (AvgIpc) is 2.78. The molecular formula is C17H23N5O3. The minimum atomic E-state index is -0.168. The van der Waals surface area contributed by atoms with Gasteiger partial charge in [0.05, 0.1) is 31.7 Å². The van der Waals surface area contributed by atoms with Crippen LogP contribution in [0.2, 0.25) is 0 Å². The number of hydrogen-bond donors (Lipinski definition) is 2. The van der Waals surface area contributed by atoms with E-state index in [1.54, 1.807) is 0 Å². The zero-order valence-electron chi connectivity index (χ0n) is 14.5. The van der Waals surface area contributed by atoms with Crippen molar-refractivity contribution in [1.29, 1.82) is 0 Å². The van der Waals surface area contributed by atoms with Crippen molar-refractivity contribution in [1.82, 2.24) is 25.1 Å². The van der Waals surface area contributed by atoms with Crippen molar-refractivity contribution in [3.05, 3.63) is 45.4 Å². The van der Waals surface area contributed by atoms with Gasteiger partial charge in [-0.1, -0.05) is 0 Å². The van der Waals surface area contributed by atoms with E-state index in [9.17, 15) is 9.59 Å². The first-order valence-electron chi connectivity index (χ1n) is 8.42. The van der Waals surface area contributed by atoms with Crippen LogP contribution in [0.3, 0.4) is 0 Å². The molecule has 1 amide bonds. The molecule has 0 radical (unpaired) electrons. The summed E-state index contributed by atoms with van der Waals surface area (Å²) < 4.78 is 5.65. The molecule has 2 aromatic rings. The number of nitrogens with one attached hydrogen (secondary N) is 2. The van der Waals surface area contributed by atoms with Gasteiger partial charge in [0.1, 0.15) is 0 Å². The summed E-state index contributed by atoms with van der Waals surface area (Å²) in [5.41, 5.74) is 3.30. The molecule has 1 aliphatic heterocycles. The normalized spacial score (nSPS) is 18.2. The van der Waals surface area contributed by atoms with E-state index in [1.807, 2.05) is 18.7 Å². The number of nitrogens with zero attached hydrogens (tertiary/aromatic N) is 3. The predicted octanol–water partition coefficient (Wildman–Crippen LogP) is 0.370. The first-order valence-corrected chi connectivity index (χ1v) is 8.42. The van der Waals surface area contributed by atoms with Crippen LogP contribution in [-0.2, 0) is 22.4 Å². The summed E-state index contributed by atoms with van der Waals surface area (Å²) >= 11 is 0. The van der Waals surface area contributed by atoms with E-state index in [0.29, 0.717) is 44.8 Å². The number of ether oxygens (including phenoxy) is 1. The molecule has 0 saturated carbocycles. The van der Waals surface area contributed by atoms with E-state index in [-0.39, 0.29) is 17.4 Å². The Bertz CT molecular complexity index is 778. The number of aryl methyl sites for hydroxylation is 2. The van der Waals surface area contributed by atoms with Crippen LogP contribution in [0.1, 0.15) is 22.6 Å². The SMILES string of the molecule is Cc1n[nH]c(C)c1CC(=O)N1CCOCC(Cc2cc(=O)[nH]cn2)C1. The van der Waals surface area contributed by atoms with Gasteiger partial charge < -0.3 is 14.6 Å². The third-order valence-electron chi connectivity index (χ3n) is 4.53. The molecule has 3 heterocycles. The number of carbonyl (C=O) groups excluding carboxylic acids is 1. The second kappa shape index (κ2) is 7.60. The summed E-state index contributed by atoms with van der Waals surface area (Å²) in [6, 6.07) is 1.50. The molecule has 25 heavy (non-hydrogen) atoms. The molecule has 0 aromatic carbocycles. The van der Waals surface area contributed by atoms with Gasteiger partial charge in [-0.2, -0.15) is 5.10 Å². The summed E-state index contributed by atoms with van der Waals surface area (Å²) in [6.45, 7) is 6.09. The molecule has 8 heteroatoms. The van der Waals surface area contributed by atoms with Gasteiger partial charge in [-0.15, -0.1) is 0 Å². The van der Waals surface area contributed by atoms with Crippen LogP contribution >= 0.6 is 0 Å². The highest BCUT2D eigenvalue weighted by molar-refractivity contribution is 5.79. The third-order valence-corrected chi connectivity index (χ3v) is 4.53. The maximum Gasteiger partial charge on any atom is 0.250 e. The molecule has 2 N–H and O–H groups in total. The Morgan fingerprint density at radius 1 is 1.44 bits per heavy atom. The highest BCUT2D eigenvalue weighted by Gasteiger charge is 2.24. The van der Waals surface area contributed by atoms with Crippen LogP contribution < -0.4 is 5.56 Å². The first-order chi connectivity index (χ1) is 12.0. The van der Waals surface area contributed by atoms with E-state index in [1.165, 1.54) is 12.4 Å². The highest BCUT2D eigenvalue weighted by atomic mass is 16.5. The summed E-state index contributed by atoms with van der Waals surface area (Å²) in [5.74, 6) is 0.189. The lowest BCUT2D eigenvalue weighted by Gasteiger charge is -2.23. The Morgan fingerprint density at radius 3 is 3.00 bits per heavy atom. The van der Waals surface area contributed by atoms with Crippen LogP contribution in [0.25, 0.3) is 0 Å². The van der Waals surface area contributed by atoms with Gasteiger partial charge in [0.2, 0.25) is 5.91 Å². The number of carbonyl (C=O) groups is 1. The zero-order valence-corrected chi connectivity index (χ0v) is 14.5. The quantitative estimate of drug-likeness (QED) is 0.833. The van der Waals surface area contributed by atoms with E-state index in [2.05, 4.69) is 20.2 Å². The number of rotatable bonds is 4. The van der Waals surface area contributed by atoms with Gasteiger partial charge in [-0.05, 0) is 20.3 Å². The van der Waals surface area contributed by atoms with E-state index in [4.69, 9.17) is 4.74 Å². The van der Waals surface area contributed by atoms with Crippen molar-refractivity contribution < 1.29 is 9.53 Å². The minimum absolute atomic E-state index is 0.0713. The fourth-order valence-electron chi connectivity index (χ4n) is 3.14. The first kappa shape index (κ1) is 17.3. The van der Waals surface area contributed by atoms with Crippen LogP contribution in [0.4, 0.5) is 0 Å². The fourth-order valence-corrected chi connectivity index (χ4v) is 3.14. The smallest absolute Gasteiger partial charge is 0.250 e. The summed E-state index contributed by atoms with van der Waals surface area (Å²) in [4.78, 5) is 32.7. The molecule has 1 saturated heterocycles. The molecule has 1 unspecified atom stereocenters. The zero-order chi connectivity index (χ0) is 17.8. The molecule has 0 bridgehead atoms. The van der Waals surface area contributed by atoms with Gasteiger partial charge in [0, 0.05) is 42.0 Å². The van der Waals surface area contributed by atoms with Gasteiger partial charge >= 0.3 is 0 Å². The number of hydrogen-bond acceptors (Lipinski definition) is 5. The van der Waals surface area contributed by atoms with Gasteiger partial charge in [0.15, 0.2) is 0 Å². The maximum absolute atomic E-state index is 12.7. The van der Waals surface area contributed by atoms with Crippen molar-refractivity contribution in [3.8, 4) is 0 Å². The molecule has 1 aliphatic rings. The molecule has 0 spiro atoms. The van der Waals surface area contributed by atoms with Crippen LogP contribution in [-0.4, -0.2) is 57.3 Å². The molecular weight excluding hydrogens is 322 g/mol. The lowest BCUT2D eigenvalue weighted by atomic mass is 10.0. The van der Waals surface area contributed by atoms with E-state index >= 15 is 0 Å². The van der Waals surface area contributed by atoms with Crippen molar-refractivity contribution in [2.24, 2.45) is 5.92 Å². The second-order valence-corrected chi connectivity index (χ2v) is 6.48. The Morgan fingerprint density at radius 2 is 2.28 bits per heavy atom. The summed E-state index contributed by atoms with van der Waals surface area (Å²) in [5, 5.41) is 7.07. The lowest BCUT2D eigenvalue weighted by Crippen LogP contribution is -2.37. The Balaban J connectivity index is 1.67. The van der Waals surface area contributed by atoms with Crippen molar-refractivity contribution in [2.75, 3.05) is 26.3 Å². The van der Waals surface area contributed by atoms with Crippen LogP contribution in [0, 0.1) is 19.8 Å². The Kier molecular flexibility index (Phi) is 5.28. The highest BCUT2D eigenvalue weighted by Crippen LogP contribution is 2.15. The number of aromatic amines is 2. The number of aromatic nitrogens is 4. The van der Waals surface area contributed by atoms with Crippen LogP contribution in [0.5, 0.6) is 0 Å². The Labute approximate surface area is 145 Å². The van der Waals surface area contributed by atoms with Gasteiger partial charge in [-0.3, -0.25) is 14.7 Å². The fraction of sp³-hybridized carbons (Fsp3) is 0.529. The number of amides is 1. The molecule has 1 fully saturated rings. The molecule has 3 rings (SSSR count). The molecule has 8 nitrogen and oxygen atoms in total. The minimum Gasteiger partial charge on any atom is -0.379 e. The maximum atomic E-state index is 12.7. The third kappa shape index (κ3) is 4.33. The molecule has 134 valence electrons.